The van der Waals surface area contributed by atoms with Gasteiger partial charge in [-0.2, -0.15) is 0 Å². The molecule has 2 aromatic heterocycles. The number of benzene rings is 1. The molecule has 0 aliphatic rings. The van der Waals surface area contributed by atoms with Gasteiger partial charge in [0, 0.05) is 44.3 Å². The van der Waals surface area contributed by atoms with Crippen molar-refractivity contribution in [2.45, 2.75) is 19.9 Å². The van der Waals surface area contributed by atoms with Crippen LogP contribution in [0.4, 0.5) is 11.4 Å². The van der Waals surface area contributed by atoms with Crippen LogP contribution in [0, 0.1) is 6.92 Å². The zero-order chi connectivity index (χ0) is 14.1. The molecule has 102 valence electrons. The molecular formula is C16H17N3S. The van der Waals surface area contributed by atoms with E-state index in [4.69, 9.17) is 5.73 Å². The van der Waals surface area contributed by atoms with Crippen LogP contribution in [0.1, 0.15) is 22.7 Å². The monoisotopic (exact) mass is 283 g/mol. The lowest BCUT2D eigenvalue weighted by Crippen LogP contribution is -2.05. The topological polar surface area (TPSA) is 50.9 Å². The average Bonchev–Trinajstić information content (AvgIpc) is 2.89. The largest absolute Gasteiger partial charge is 0.398 e. The van der Waals surface area contributed by atoms with Gasteiger partial charge in [-0.25, -0.2) is 0 Å². The summed E-state index contributed by atoms with van der Waals surface area (Å²) in [4.78, 5) is 6.87. The Morgan fingerprint density at radius 1 is 1.15 bits per heavy atom. The van der Waals surface area contributed by atoms with Crippen LogP contribution in [-0.4, -0.2) is 4.98 Å². The van der Waals surface area contributed by atoms with E-state index in [2.05, 4.69) is 36.3 Å². The molecular weight excluding hydrogens is 266 g/mol. The Balaban J connectivity index is 1.97. The number of fused-ring (bicyclic) bond motifs is 1. The van der Waals surface area contributed by atoms with E-state index in [0.717, 1.165) is 22.1 Å². The lowest BCUT2D eigenvalue weighted by atomic mass is 10.1. The molecule has 3 N–H and O–H groups in total. The first-order valence-corrected chi connectivity index (χ1v) is 7.42. The number of anilines is 2. The molecule has 0 amide bonds. The Labute approximate surface area is 122 Å². The minimum Gasteiger partial charge on any atom is -0.398 e. The quantitative estimate of drug-likeness (QED) is 0.702. The van der Waals surface area contributed by atoms with Crippen molar-refractivity contribution in [3.8, 4) is 0 Å². The fourth-order valence-corrected chi connectivity index (χ4v) is 3.21. The van der Waals surface area contributed by atoms with Gasteiger partial charge in [-0.15, -0.1) is 11.3 Å². The van der Waals surface area contributed by atoms with E-state index in [0.29, 0.717) is 0 Å². The highest BCUT2D eigenvalue weighted by molar-refractivity contribution is 7.12. The summed E-state index contributed by atoms with van der Waals surface area (Å²) >= 11 is 1.82. The summed E-state index contributed by atoms with van der Waals surface area (Å²) < 4.78 is 0. The third kappa shape index (κ3) is 2.34. The Bertz CT molecular complexity index is 748. The van der Waals surface area contributed by atoms with Crippen molar-refractivity contribution < 1.29 is 0 Å². The normalized spacial score (nSPS) is 12.5. The molecule has 3 aromatic rings. The van der Waals surface area contributed by atoms with Crippen molar-refractivity contribution in [3.63, 3.8) is 0 Å². The lowest BCUT2D eigenvalue weighted by molar-refractivity contribution is 0.910. The number of aryl methyl sites for hydroxylation is 1. The average molecular weight is 283 g/mol. The number of hydrogen-bond donors (Lipinski definition) is 2. The van der Waals surface area contributed by atoms with Crippen molar-refractivity contribution in [2.24, 2.45) is 0 Å². The van der Waals surface area contributed by atoms with E-state index in [9.17, 15) is 0 Å². The molecule has 0 aliphatic heterocycles. The summed E-state index contributed by atoms with van der Waals surface area (Å²) in [6.45, 7) is 4.30. The lowest BCUT2D eigenvalue weighted by Gasteiger charge is -2.16. The molecule has 20 heavy (non-hydrogen) atoms. The number of nitrogens with zero attached hydrogens (tertiary/aromatic N) is 1. The molecule has 1 atom stereocenters. The fraction of sp³-hybridized carbons (Fsp3) is 0.188. The van der Waals surface area contributed by atoms with Crippen LogP contribution in [0.15, 0.2) is 42.7 Å². The molecule has 3 rings (SSSR count). The number of rotatable bonds is 3. The number of nitrogen functional groups attached to an aromatic ring is 1. The molecule has 0 fully saturated rings. The first-order valence-electron chi connectivity index (χ1n) is 6.60. The standard InChI is InChI=1S/C16H17N3S/c1-10-3-6-16(20-10)11(2)19-15-5-4-14(17)12-7-8-18-9-13(12)15/h3-9,11,19H,17H2,1-2H3. The van der Waals surface area contributed by atoms with Gasteiger partial charge >= 0.3 is 0 Å². The summed E-state index contributed by atoms with van der Waals surface area (Å²) in [6.07, 6.45) is 3.63. The van der Waals surface area contributed by atoms with Gasteiger partial charge in [-0.05, 0) is 44.2 Å². The third-order valence-electron chi connectivity index (χ3n) is 3.41. The van der Waals surface area contributed by atoms with Gasteiger partial charge in [0.1, 0.15) is 0 Å². The van der Waals surface area contributed by atoms with Crippen LogP contribution in [0.3, 0.4) is 0 Å². The highest BCUT2D eigenvalue weighted by atomic mass is 32.1. The highest BCUT2D eigenvalue weighted by Crippen LogP contribution is 2.31. The van der Waals surface area contributed by atoms with Crippen molar-refractivity contribution in [3.05, 3.63) is 52.5 Å². The summed E-state index contributed by atoms with van der Waals surface area (Å²) in [6, 6.07) is 10.5. The predicted molar refractivity (Wildman–Crippen MR) is 87.2 cm³/mol. The van der Waals surface area contributed by atoms with Gasteiger partial charge in [-0.1, -0.05) is 0 Å². The maximum atomic E-state index is 6.02. The van der Waals surface area contributed by atoms with E-state index < -0.39 is 0 Å². The van der Waals surface area contributed by atoms with Crippen molar-refractivity contribution >= 4 is 33.5 Å². The van der Waals surface area contributed by atoms with E-state index in [1.165, 1.54) is 9.75 Å². The predicted octanol–water partition coefficient (Wildman–Crippen LogP) is 4.36. The van der Waals surface area contributed by atoms with Crippen LogP contribution in [0.5, 0.6) is 0 Å². The molecule has 2 heterocycles. The molecule has 0 spiro atoms. The Morgan fingerprint density at radius 3 is 2.75 bits per heavy atom. The van der Waals surface area contributed by atoms with Gasteiger partial charge < -0.3 is 11.1 Å². The van der Waals surface area contributed by atoms with E-state index in [1.54, 1.807) is 6.20 Å². The first kappa shape index (κ1) is 12.9. The van der Waals surface area contributed by atoms with E-state index in [1.807, 2.05) is 35.7 Å². The number of aromatic nitrogens is 1. The molecule has 0 radical (unpaired) electrons. The Hall–Kier alpha value is -2.07. The Morgan fingerprint density at radius 2 is 2.00 bits per heavy atom. The van der Waals surface area contributed by atoms with Gasteiger partial charge in [0.25, 0.3) is 0 Å². The summed E-state index contributed by atoms with van der Waals surface area (Å²) in [5.74, 6) is 0. The SMILES string of the molecule is Cc1ccc(C(C)Nc2ccc(N)c3ccncc23)s1. The summed E-state index contributed by atoms with van der Waals surface area (Å²) in [5, 5.41) is 5.66. The maximum absolute atomic E-state index is 6.02. The molecule has 1 aromatic carbocycles. The van der Waals surface area contributed by atoms with Gasteiger partial charge in [0.2, 0.25) is 0 Å². The number of hydrogen-bond acceptors (Lipinski definition) is 4. The highest BCUT2D eigenvalue weighted by Gasteiger charge is 2.10. The molecule has 0 bridgehead atoms. The van der Waals surface area contributed by atoms with Crippen LogP contribution >= 0.6 is 11.3 Å². The molecule has 0 saturated carbocycles. The molecule has 1 unspecified atom stereocenters. The van der Waals surface area contributed by atoms with Crippen LogP contribution in [0.25, 0.3) is 10.8 Å². The third-order valence-corrected chi connectivity index (χ3v) is 4.60. The van der Waals surface area contributed by atoms with E-state index >= 15 is 0 Å². The fourth-order valence-electron chi connectivity index (χ4n) is 2.33. The molecule has 0 aliphatic carbocycles. The number of nitrogens with two attached hydrogens (primary N) is 1. The van der Waals surface area contributed by atoms with Crippen molar-refractivity contribution in [1.29, 1.82) is 0 Å². The van der Waals surface area contributed by atoms with Gasteiger partial charge in [0.15, 0.2) is 0 Å². The number of pyridine rings is 1. The van der Waals surface area contributed by atoms with Crippen molar-refractivity contribution in [2.75, 3.05) is 11.1 Å². The van der Waals surface area contributed by atoms with Crippen LogP contribution < -0.4 is 11.1 Å². The zero-order valence-corrected chi connectivity index (χ0v) is 12.4. The second-order valence-electron chi connectivity index (χ2n) is 4.94. The summed E-state index contributed by atoms with van der Waals surface area (Å²) in [5.41, 5.74) is 7.87. The molecule has 4 heteroatoms. The summed E-state index contributed by atoms with van der Waals surface area (Å²) in [7, 11) is 0. The minimum absolute atomic E-state index is 0.265. The number of nitrogens with one attached hydrogen (secondary N) is 1. The van der Waals surface area contributed by atoms with Gasteiger partial charge in [-0.3, -0.25) is 4.98 Å². The second kappa shape index (κ2) is 5.13. The zero-order valence-electron chi connectivity index (χ0n) is 11.6. The molecule has 0 saturated heterocycles. The maximum Gasteiger partial charge on any atom is 0.0578 e. The Kier molecular flexibility index (Phi) is 3.32. The van der Waals surface area contributed by atoms with Gasteiger partial charge in [0.05, 0.1) is 6.04 Å². The van der Waals surface area contributed by atoms with Crippen LogP contribution in [0.2, 0.25) is 0 Å². The first-order chi connectivity index (χ1) is 9.65. The van der Waals surface area contributed by atoms with Crippen molar-refractivity contribution in [1.82, 2.24) is 4.98 Å². The smallest absolute Gasteiger partial charge is 0.0578 e. The minimum atomic E-state index is 0.265. The molecule has 3 nitrogen and oxygen atoms in total. The number of thiophene rings is 1. The van der Waals surface area contributed by atoms with E-state index in [-0.39, 0.29) is 6.04 Å². The second-order valence-corrected chi connectivity index (χ2v) is 6.26. The van der Waals surface area contributed by atoms with Crippen LogP contribution in [-0.2, 0) is 0 Å².